The number of imidazole rings is 1. The molecule has 39 heavy (non-hydrogen) atoms. The highest BCUT2D eigenvalue weighted by atomic mass is 31.2. The molecule has 1 aromatic carbocycles. The zero-order valence-corrected chi connectivity index (χ0v) is 22.4. The third kappa shape index (κ3) is 5.29. The molecule has 6 N–H and O–H groups in total. The van der Waals surface area contributed by atoms with Gasteiger partial charge in [0, 0.05) is 0 Å². The number of ether oxygens (including phenoxy) is 3. The van der Waals surface area contributed by atoms with Gasteiger partial charge < -0.3 is 35.3 Å². The summed E-state index contributed by atoms with van der Waals surface area (Å²) in [6, 6.07) is 7.28. The second-order valence-corrected chi connectivity index (χ2v) is 11.3. The number of aliphatic hydroxyl groups excluding tert-OH is 1. The number of aliphatic hydroxyl groups is 1. The number of carbonyl (C=O) groups is 1. The average Bonchev–Trinajstić information content (AvgIpc) is 3.52. The van der Waals surface area contributed by atoms with E-state index >= 15 is 0 Å². The van der Waals surface area contributed by atoms with E-state index in [1.165, 1.54) is 17.8 Å². The summed E-state index contributed by atoms with van der Waals surface area (Å²) in [4.78, 5) is 24.7. The maximum Gasteiger partial charge on any atom is 0.459 e. The van der Waals surface area contributed by atoms with Crippen LogP contribution in [0.3, 0.4) is 0 Å². The normalized spacial score (nSPS) is 26.5. The van der Waals surface area contributed by atoms with Gasteiger partial charge in [0.15, 0.2) is 17.7 Å². The van der Waals surface area contributed by atoms with Crippen LogP contribution in [0.25, 0.3) is 11.2 Å². The van der Waals surface area contributed by atoms with Crippen molar-refractivity contribution in [2.45, 2.75) is 57.0 Å². The van der Waals surface area contributed by atoms with Gasteiger partial charge in [0.25, 0.3) is 0 Å². The predicted molar refractivity (Wildman–Crippen MR) is 137 cm³/mol. The number of hydrogen-bond donors (Lipinski definition) is 4. The SMILES string of the molecule is CC(C)OC(=O)[C@@H](C)NP(=O)(OCC12CO[C@@H](C(n3cnc4c(N)nc(N)nc43)O1)[C@@H]2O)Oc1ccccc1. The van der Waals surface area contributed by atoms with Crippen LogP contribution < -0.4 is 21.1 Å². The Bertz CT molecular complexity index is 1410. The zero-order chi connectivity index (χ0) is 27.9. The molecule has 0 aliphatic carbocycles. The van der Waals surface area contributed by atoms with Crippen LogP contribution >= 0.6 is 7.75 Å². The molecule has 5 rings (SSSR count). The number of benzene rings is 1. The van der Waals surface area contributed by atoms with Gasteiger partial charge >= 0.3 is 13.7 Å². The summed E-state index contributed by atoms with van der Waals surface area (Å²) in [6.45, 7) is 4.41. The number of nitrogens with one attached hydrogen (secondary N) is 1. The summed E-state index contributed by atoms with van der Waals surface area (Å²) in [5.74, 6) is -0.368. The Kier molecular flexibility index (Phi) is 7.22. The Morgan fingerprint density at radius 1 is 1.28 bits per heavy atom. The molecule has 2 bridgehead atoms. The number of fused-ring (bicyclic) bond motifs is 3. The lowest BCUT2D eigenvalue weighted by Crippen LogP contribution is -2.46. The molecule has 210 valence electrons. The number of nitrogens with two attached hydrogens (primary N) is 2. The second-order valence-electron chi connectivity index (χ2n) is 9.60. The van der Waals surface area contributed by atoms with Gasteiger partial charge in [0.2, 0.25) is 5.95 Å². The Labute approximate surface area is 223 Å². The van der Waals surface area contributed by atoms with Crippen molar-refractivity contribution in [3.05, 3.63) is 36.7 Å². The maximum absolute atomic E-state index is 13.9. The molecule has 2 aromatic heterocycles. The summed E-state index contributed by atoms with van der Waals surface area (Å²) >= 11 is 0. The standard InChI is InChI=1S/C23H30N7O8P/c1-12(2)36-21(32)13(3)29-39(33,38-14-7-5-4-6-8-14)35-10-23-9-34-16(17(23)31)20(37-23)30-11-26-15-18(24)27-22(25)28-19(15)30/h4-8,11-13,16-17,20,31H,9-10H2,1-3H3,(H,29,33)(H4,24,25,27,28)/t13-,16-,17+,20?,23?,39?/m1/s1. The lowest BCUT2D eigenvalue weighted by molar-refractivity contribution is -0.183. The van der Waals surface area contributed by atoms with E-state index in [1.807, 2.05) is 0 Å². The predicted octanol–water partition coefficient (Wildman–Crippen LogP) is 1.15. The topological polar surface area (TPSA) is 208 Å². The molecule has 3 aromatic rings. The van der Waals surface area contributed by atoms with Gasteiger partial charge in [0.05, 0.1) is 25.6 Å². The second kappa shape index (κ2) is 10.3. The highest BCUT2D eigenvalue weighted by Gasteiger charge is 2.63. The van der Waals surface area contributed by atoms with Gasteiger partial charge in [-0.2, -0.15) is 15.1 Å². The maximum atomic E-state index is 13.9. The molecule has 2 fully saturated rings. The van der Waals surface area contributed by atoms with Crippen molar-refractivity contribution in [1.82, 2.24) is 24.6 Å². The van der Waals surface area contributed by atoms with Gasteiger partial charge in [-0.25, -0.2) is 9.55 Å². The molecule has 0 saturated carbocycles. The van der Waals surface area contributed by atoms with Crippen LogP contribution in [0.2, 0.25) is 0 Å². The summed E-state index contributed by atoms with van der Waals surface area (Å²) < 4.78 is 44.1. The lowest BCUT2D eigenvalue weighted by atomic mass is 10.0. The molecule has 16 heteroatoms. The van der Waals surface area contributed by atoms with E-state index in [2.05, 4.69) is 20.0 Å². The Morgan fingerprint density at radius 3 is 2.74 bits per heavy atom. The van der Waals surface area contributed by atoms with E-state index in [9.17, 15) is 14.5 Å². The Hall–Kier alpha value is -3.33. The minimum Gasteiger partial charge on any atom is -0.462 e. The van der Waals surface area contributed by atoms with Gasteiger partial charge in [-0.3, -0.25) is 13.9 Å². The zero-order valence-electron chi connectivity index (χ0n) is 21.5. The number of hydrogen-bond acceptors (Lipinski definition) is 13. The molecule has 4 heterocycles. The molecule has 2 aliphatic rings. The molecule has 0 amide bonds. The fraction of sp³-hybridized carbons (Fsp3) is 0.478. The van der Waals surface area contributed by atoms with Crippen molar-refractivity contribution >= 4 is 36.6 Å². The van der Waals surface area contributed by atoms with E-state index in [0.717, 1.165) is 0 Å². The van der Waals surface area contributed by atoms with Crippen molar-refractivity contribution in [3.63, 3.8) is 0 Å². The van der Waals surface area contributed by atoms with Gasteiger partial charge in [-0.05, 0) is 32.9 Å². The van der Waals surface area contributed by atoms with Crippen LogP contribution in [0.5, 0.6) is 5.75 Å². The summed E-state index contributed by atoms with van der Waals surface area (Å²) in [5.41, 5.74) is 10.8. The first-order valence-corrected chi connectivity index (χ1v) is 13.7. The largest absolute Gasteiger partial charge is 0.462 e. The Balaban J connectivity index is 1.37. The molecular weight excluding hydrogens is 533 g/mol. The van der Waals surface area contributed by atoms with E-state index < -0.39 is 50.4 Å². The van der Waals surface area contributed by atoms with Crippen molar-refractivity contribution in [2.75, 3.05) is 24.7 Å². The van der Waals surface area contributed by atoms with Crippen molar-refractivity contribution in [2.24, 2.45) is 0 Å². The van der Waals surface area contributed by atoms with Crippen molar-refractivity contribution in [1.29, 1.82) is 0 Å². The molecule has 2 aliphatic heterocycles. The van der Waals surface area contributed by atoms with Crippen LogP contribution in [0.15, 0.2) is 36.7 Å². The number of anilines is 2. The van der Waals surface area contributed by atoms with Gasteiger partial charge in [-0.15, -0.1) is 0 Å². The minimum absolute atomic E-state index is 0.0559. The van der Waals surface area contributed by atoms with Gasteiger partial charge in [-0.1, -0.05) is 18.2 Å². The molecule has 6 atom stereocenters. The number of carbonyl (C=O) groups excluding carboxylic acids is 1. The number of nitrogens with zero attached hydrogens (tertiary/aromatic N) is 4. The molecule has 15 nitrogen and oxygen atoms in total. The molecule has 2 saturated heterocycles. The lowest BCUT2D eigenvalue weighted by Gasteiger charge is -2.32. The molecular formula is C23H30N7O8P. The van der Waals surface area contributed by atoms with E-state index in [1.54, 1.807) is 44.2 Å². The van der Waals surface area contributed by atoms with Crippen LogP contribution in [-0.4, -0.2) is 73.8 Å². The quantitative estimate of drug-likeness (QED) is 0.202. The number of rotatable bonds is 10. The average molecular weight is 564 g/mol. The van der Waals surface area contributed by atoms with Crippen molar-refractivity contribution < 1.29 is 37.7 Å². The number of nitrogen functional groups attached to an aromatic ring is 2. The van der Waals surface area contributed by atoms with Crippen LogP contribution in [0.1, 0.15) is 27.0 Å². The first kappa shape index (κ1) is 27.2. The first-order valence-electron chi connectivity index (χ1n) is 12.2. The monoisotopic (exact) mass is 563 g/mol. The summed E-state index contributed by atoms with van der Waals surface area (Å²) in [5, 5.41) is 13.7. The molecule has 0 radical (unpaired) electrons. The molecule has 3 unspecified atom stereocenters. The smallest absolute Gasteiger partial charge is 0.459 e. The minimum atomic E-state index is -4.21. The highest BCUT2D eigenvalue weighted by Crippen LogP contribution is 2.50. The fourth-order valence-electron chi connectivity index (χ4n) is 4.41. The Morgan fingerprint density at radius 2 is 2.03 bits per heavy atom. The molecule has 0 spiro atoms. The first-order chi connectivity index (χ1) is 18.5. The van der Waals surface area contributed by atoms with Crippen LogP contribution in [0, 0.1) is 0 Å². The summed E-state index contributed by atoms with van der Waals surface area (Å²) in [7, 11) is -4.21. The number of esters is 1. The highest BCUT2D eigenvalue weighted by molar-refractivity contribution is 7.52. The van der Waals surface area contributed by atoms with Crippen LogP contribution in [-0.2, 0) is 28.1 Å². The van der Waals surface area contributed by atoms with Crippen molar-refractivity contribution in [3.8, 4) is 5.75 Å². The number of aromatic nitrogens is 4. The van der Waals surface area contributed by atoms with E-state index in [4.69, 9.17) is 34.7 Å². The van der Waals surface area contributed by atoms with Gasteiger partial charge in [0.1, 0.15) is 35.1 Å². The third-order valence-electron chi connectivity index (χ3n) is 6.25. The third-order valence-corrected chi connectivity index (χ3v) is 7.88. The van der Waals surface area contributed by atoms with Crippen LogP contribution in [0.4, 0.5) is 11.8 Å². The van der Waals surface area contributed by atoms with E-state index in [0.29, 0.717) is 11.2 Å². The fourth-order valence-corrected chi connectivity index (χ4v) is 5.96. The summed E-state index contributed by atoms with van der Waals surface area (Å²) in [6.07, 6.45) is -1.83. The number of para-hydroxylation sites is 1. The van der Waals surface area contributed by atoms with E-state index in [-0.39, 0.29) is 30.2 Å².